The molecule has 4 nitrogen and oxygen atoms in total. The first kappa shape index (κ1) is 14.3. The van der Waals surface area contributed by atoms with Crippen LogP contribution in [0.3, 0.4) is 0 Å². The van der Waals surface area contributed by atoms with Gasteiger partial charge in [0, 0.05) is 23.8 Å². The number of aliphatic hydroxyl groups is 1. The molecule has 1 heterocycles. The van der Waals surface area contributed by atoms with Crippen LogP contribution in [-0.2, 0) is 4.79 Å². The van der Waals surface area contributed by atoms with Crippen molar-refractivity contribution in [3.05, 3.63) is 29.3 Å². The van der Waals surface area contributed by atoms with E-state index in [1.165, 1.54) is 0 Å². The molecule has 1 fully saturated rings. The van der Waals surface area contributed by atoms with Gasteiger partial charge in [0.25, 0.3) is 0 Å². The lowest BCUT2D eigenvalue weighted by Gasteiger charge is -2.46. The van der Waals surface area contributed by atoms with Gasteiger partial charge < -0.3 is 10.4 Å². The van der Waals surface area contributed by atoms with Crippen molar-refractivity contribution >= 4 is 23.2 Å². The molecule has 0 radical (unpaired) electrons. The van der Waals surface area contributed by atoms with Gasteiger partial charge in [-0.05, 0) is 24.6 Å². The molecule has 1 aliphatic heterocycles. The molecule has 5 heteroatoms. The average molecular weight is 283 g/mol. The minimum atomic E-state index is -0.592. The van der Waals surface area contributed by atoms with E-state index in [-0.39, 0.29) is 5.91 Å². The van der Waals surface area contributed by atoms with Crippen molar-refractivity contribution in [2.45, 2.75) is 25.4 Å². The third-order valence-corrected chi connectivity index (χ3v) is 3.46. The SMILES string of the molecule is CCCC1(O)CN(CC(=O)Nc2cccc(Cl)c2)C1. The Balaban J connectivity index is 1.77. The summed E-state index contributed by atoms with van der Waals surface area (Å²) < 4.78 is 0. The van der Waals surface area contributed by atoms with Crippen molar-refractivity contribution in [2.24, 2.45) is 0 Å². The van der Waals surface area contributed by atoms with Crippen molar-refractivity contribution in [1.29, 1.82) is 0 Å². The number of carbonyl (C=O) groups excluding carboxylic acids is 1. The van der Waals surface area contributed by atoms with Crippen LogP contribution in [0.2, 0.25) is 5.02 Å². The second kappa shape index (κ2) is 5.90. The van der Waals surface area contributed by atoms with Crippen LogP contribution in [0.25, 0.3) is 0 Å². The van der Waals surface area contributed by atoms with Crippen LogP contribution in [0.15, 0.2) is 24.3 Å². The molecule has 0 bridgehead atoms. The lowest BCUT2D eigenvalue weighted by Crippen LogP contribution is -2.62. The topological polar surface area (TPSA) is 52.6 Å². The van der Waals surface area contributed by atoms with E-state index in [1.807, 2.05) is 11.8 Å². The normalized spacial score (nSPS) is 17.8. The van der Waals surface area contributed by atoms with Crippen molar-refractivity contribution in [3.8, 4) is 0 Å². The molecule has 104 valence electrons. The third-order valence-electron chi connectivity index (χ3n) is 3.23. The van der Waals surface area contributed by atoms with Gasteiger partial charge in [0.2, 0.25) is 5.91 Å². The second-order valence-electron chi connectivity index (χ2n) is 5.18. The van der Waals surface area contributed by atoms with E-state index in [4.69, 9.17) is 11.6 Å². The van der Waals surface area contributed by atoms with Gasteiger partial charge in [-0.3, -0.25) is 9.69 Å². The molecule has 1 amide bonds. The number of carbonyl (C=O) groups is 1. The van der Waals surface area contributed by atoms with Gasteiger partial charge in [-0.25, -0.2) is 0 Å². The summed E-state index contributed by atoms with van der Waals surface area (Å²) in [6, 6.07) is 7.06. The van der Waals surface area contributed by atoms with Crippen LogP contribution >= 0.6 is 11.6 Å². The fourth-order valence-electron chi connectivity index (χ4n) is 2.49. The van der Waals surface area contributed by atoms with Gasteiger partial charge in [-0.15, -0.1) is 0 Å². The summed E-state index contributed by atoms with van der Waals surface area (Å²) in [7, 11) is 0. The summed E-state index contributed by atoms with van der Waals surface area (Å²) in [6.45, 7) is 3.50. The highest BCUT2D eigenvalue weighted by atomic mass is 35.5. The minimum absolute atomic E-state index is 0.0826. The summed E-state index contributed by atoms with van der Waals surface area (Å²) in [5.74, 6) is -0.0826. The highest BCUT2D eigenvalue weighted by Gasteiger charge is 2.40. The number of nitrogens with zero attached hydrogens (tertiary/aromatic N) is 1. The van der Waals surface area contributed by atoms with E-state index < -0.39 is 5.60 Å². The van der Waals surface area contributed by atoms with Crippen molar-refractivity contribution < 1.29 is 9.90 Å². The largest absolute Gasteiger partial charge is 0.387 e. The molecular formula is C14H19ClN2O2. The zero-order chi connectivity index (χ0) is 13.9. The number of rotatable bonds is 5. The molecule has 19 heavy (non-hydrogen) atoms. The van der Waals surface area contributed by atoms with Crippen LogP contribution in [-0.4, -0.2) is 41.1 Å². The summed E-state index contributed by atoms with van der Waals surface area (Å²) in [5.41, 5.74) is 0.104. The Morgan fingerprint density at radius 1 is 1.53 bits per heavy atom. The molecule has 0 aliphatic carbocycles. The molecule has 0 aromatic heterocycles. The first-order valence-electron chi connectivity index (χ1n) is 6.51. The number of hydrogen-bond donors (Lipinski definition) is 2. The van der Waals surface area contributed by atoms with E-state index in [0.29, 0.717) is 30.3 Å². The van der Waals surface area contributed by atoms with Crippen LogP contribution in [0.4, 0.5) is 5.69 Å². The summed E-state index contributed by atoms with van der Waals surface area (Å²) in [6.07, 6.45) is 1.75. The lowest BCUT2D eigenvalue weighted by atomic mass is 9.89. The van der Waals surface area contributed by atoms with E-state index in [1.54, 1.807) is 24.3 Å². The molecule has 0 unspecified atom stereocenters. The number of benzene rings is 1. The number of hydrogen-bond acceptors (Lipinski definition) is 3. The zero-order valence-corrected chi connectivity index (χ0v) is 11.8. The molecule has 0 saturated carbocycles. The Morgan fingerprint density at radius 3 is 2.89 bits per heavy atom. The Hall–Kier alpha value is -1.10. The third kappa shape index (κ3) is 3.93. The molecule has 1 aliphatic rings. The molecule has 2 rings (SSSR count). The number of anilines is 1. The van der Waals surface area contributed by atoms with Crippen LogP contribution in [0.5, 0.6) is 0 Å². The highest BCUT2D eigenvalue weighted by Crippen LogP contribution is 2.25. The van der Waals surface area contributed by atoms with Crippen LogP contribution in [0, 0.1) is 0 Å². The van der Waals surface area contributed by atoms with E-state index in [0.717, 1.165) is 12.8 Å². The molecule has 0 spiro atoms. The predicted octanol–water partition coefficient (Wildman–Crippen LogP) is 2.13. The Bertz CT molecular complexity index is 459. The molecule has 1 aromatic carbocycles. The first-order chi connectivity index (χ1) is 9.00. The second-order valence-corrected chi connectivity index (χ2v) is 5.61. The van der Waals surface area contributed by atoms with Gasteiger partial charge in [-0.1, -0.05) is 31.0 Å². The minimum Gasteiger partial charge on any atom is -0.387 e. The zero-order valence-electron chi connectivity index (χ0n) is 11.0. The van der Waals surface area contributed by atoms with E-state index in [2.05, 4.69) is 5.32 Å². The summed E-state index contributed by atoms with van der Waals surface area (Å²) in [5, 5.41) is 13.4. The van der Waals surface area contributed by atoms with Gasteiger partial charge in [0.1, 0.15) is 0 Å². The smallest absolute Gasteiger partial charge is 0.238 e. The maximum atomic E-state index is 11.8. The maximum absolute atomic E-state index is 11.8. The molecular weight excluding hydrogens is 264 g/mol. The molecule has 0 atom stereocenters. The first-order valence-corrected chi connectivity index (χ1v) is 6.89. The average Bonchev–Trinajstić information content (AvgIpc) is 2.27. The van der Waals surface area contributed by atoms with Gasteiger partial charge in [0.15, 0.2) is 0 Å². The number of amides is 1. The van der Waals surface area contributed by atoms with Gasteiger partial charge >= 0.3 is 0 Å². The van der Waals surface area contributed by atoms with Crippen LogP contribution < -0.4 is 5.32 Å². The molecule has 1 aromatic rings. The van der Waals surface area contributed by atoms with E-state index in [9.17, 15) is 9.90 Å². The van der Waals surface area contributed by atoms with Gasteiger partial charge in [-0.2, -0.15) is 0 Å². The number of halogens is 1. The maximum Gasteiger partial charge on any atom is 0.238 e. The van der Waals surface area contributed by atoms with Crippen molar-refractivity contribution in [1.82, 2.24) is 4.90 Å². The van der Waals surface area contributed by atoms with Crippen molar-refractivity contribution in [2.75, 3.05) is 25.0 Å². The summed E-state index contributed by atoms with van der Waals surface area (Å²) in [4.78, 5) is 13.8. The Labute approximate surface area is 118 Å². The highest BCUT2D eigenvalue weighted by molar-refractivity contribution is 6.30. The van der Waals surface area contributed by atoms with E-state index >= 15 is 0 Å². The standard InChI is InChI=1S/C14H19ClN2O2/c1-2-6-14(19)9-17(10-14)8-13(18)16-12-5-3-4-11(15)7-12/h3-5,7,19H,2,6,8-10H2,1H3,(H,16,18). The monoisotopic (exact) mass is 282 g/mol. The molecule has 1 saturated heterocycles. The Kier molecular flexibility index (Phi) is 4.45. The molecule has 2 N–H and O–H groups in total. The van der Waals surface area contributed by atoms with Crippen molar-refractivity contribution in [3.63, 3.8) is 0 Å². The lowest BCUT2D eigenvalue weighted by molar-refractivity contribution is -0.129. The predicted molar refractivity (Wildman–Crippen MR) is 76.4 cm³/mol. The van der Waals surface area contributed by atoms with Gasteiger partial charge in [0.05, 0.1) is 12.1 Å². The fourth-order valence-corrected chi connectivity index (χ4v) is 2.68. The number of β-amino-alcohol motifs (C(OH)–C–C–N with tert-alkyl or cyclic N) is 1. The fraction of sp³-hybridized carbons (Fsp3) is 0.500. The Morgan fingerprint density at radius 2 is 2.26 bits per heavy atom. The quantitative estimate of drug-likeness (QED) is 0.870. The number of likely N-dealkylation sites (tertiary alicyclic amines) is 1. The number of nitrogens with one attached hydrogen (secondary N) is 1. The van der Waals surface area contributed by atoms with Crippen LogP contribution in [0.1, 0.15) is 19.8 Å². The summed E-state index contributed by atoms with van der Waals surface area (Å²) >= 11 is 5.85.